The molecule has 0 amide bonds. The maximum atomic E-state index is 4.78. The molecule has 0 spiro atoms. The largest absolute Gasteiger partial charge is 0.181 e. The van der Waals surface area contributed by atoms with Gasteiger partial charge in [0, 0.05) is 0 Å². The summed E-state index contributed by atoms with van der Waals surface area (Å²) < 4.78 is 0. The normalized spacial score (nSPS) is 25.8. The Morgan fingerprint density at radius 1 is 0.667 bits per heavy atom. The summed E-state index contributed by atoms with van der Waals surface area (Å²) in [7, 11) is 0.778. The van der Waals surface area contributed by atoms with Gasteiger partial charge in [-0.1, -0.05) is 51.4 Å². The highest BCUT2D eigenvalue weighted by atomic mass is 35.6. The Balaban J connectivity index is 0.000000336. The van der Waals surface area contributed by atoms with Gasteiger partial charge >= 0.3 is 0 Å². The van der Waals surface area contributed by atoms with Gasteiger partial charge in [-0.2, -0.15) is 11.1 Å². The van der Waals surface area contributed by atoms with Crippen LogP contribution in [0.1, 0.15) is 51.4 Å². The molecule has 2 aliphatic rings. The van der Waals surface area contributed by atoms with Crippen molar-refractivity contribution < 1.29 is 0 Å². The molecule has 0 aromatic rings. The van der Waals surface area contributed by atoms with Crippen LogP contribution in [0.15, 0.2) is 0 Å². The predicted molar refractivity (Wildman–Crippen MR) is 59.7 cm³/mol. The van der Waals surface area contributed by atoms with Gasteiger partial charge in [0.05, 0.1) is 0 Å². The fraction of sp³-hybridized carbons (Fsp3) is 1.00. The molecule has 0 aliphatic heterocycles. The third-order valence-electron chi connectivity index (χ3n) is 3.47. The van der Waals surface area contributed by atoms with Crippen molar-refractivity contribution in [2.75, 3.05) is 0 Å². The molecular formula is C10H21ClSi. The van der Waals surface area contributed by atoms with Crippen molar-refractivity contribution in [3.63, 3.8) is 0 Å². The molecule has 0 bridgehead atoms. The molecule has 12 heavy (non-hydrogen) atoms. The maximum Gasteiger partial charge on any atom is 0.109 e. The van der Waals surface area contributed by atoms with Crippen LogP contribution in [-0.2, 0) is 0 Å². The Labute approximate surface area is 84.2 Å². The van der Waals surface area contributed by atoms with Crippen molar-refractivity contribution in [2.24, 2.45) is 11.8 Å². The van der Waals surface area contributed by atoms with Crippen LogP contribution in [0.5, 0.6) is 0 Å². The van der Waals surface area contributed by atoms with E-state index < -0.39 is 0 Å². The first-order valence-corrected chi connectivity index (χ1v) is 8.37. The average Bonchev–Trinajstić information content (AvgIpc) is 2.80. The van der Waals surface area contributed by atoms with E-state index in [2.05, 4.69) is 0 Å². The Morgan fingerprint density at radius 2 is 0.917 bits per heavy atom. The van der Waals surface area contributed by atoms with Gasteiger partial charge < -0.3 is 0 Å². The van der Waals surface area contributed by atoms with Crippen LogP contribution in [0.4, 0.5) is 0 Å². The summed E-state index contributed by atoms with van der Waals surface area (Å²) in [6, 6.07) is 0. The standard InChI is InChI=1S/C10H18.ClH3Si/c1-2-6-9(5-1)10-7-3-4-8-10;1-2/h9-10H,1-8H2;2H3. The van der Waals surface area contributed by atoms with E-state index in [0.29, 0.717) is 0 Å². The van der Waals surface area contributed by atoms with Gasteiger partial charge in [-0.05, 0) is 11.8 Å². The number of hydrogen-bond acceptors (Lipinski definition) is 0. The first kappa shape index (κ1) is 10.6. The molecule has 72 valence electrons. The lowest BCUT2D eigenvalue weighted by atomic mass is 9.90. The van der Waals surface area contributed by atoms with Crippen molar-refractivity contribution in [3.8, 4) is 0 Å². The Morgan fingerprint density at radius 3 is 1.17 bits per heavy atom. The molecule has 0 heterocycles. The minimum absolute atomic E-state index is 0.778. The smallest absolute Gasteiger partial charge is 0.109 e. The molecule has 0 aromatic heterocycles. The fourth-order valence-electron chi connectivity index (χ4n) is 2.86. The van der Waals surface area contributed by atoms with E-state index in [9.17, 15) is 0 Å². The summed E-state index contributed by atoms with van der Waals surface area (Å²) in [5.74, 6) is 2.31. The second-order valence-corrected chi connectivity index (χ2v) is 4.09. The molecule has 0 saturated heterocycles. The molecule has 0 unspecified atom stereocenters. The lowest BCUT2D eigenvalue weighted by Crippen LogP contribution is -2.06. The average molecular weight is 205 g/mol. The van der Waals surface area contributed by atoms with Crippen molar-refractivity contribution in [1.29, 1.82) is 0 Å². The van der Waals surface area contributed by atoms with Crippen LogP contribution in [0, 0.1) is 11.8 Å². The molecule has 2 rings (SSSR count). The summed E-state index contributed by atoms with van der Waals surface area (Å²) in [5.41, 5.74) is 0. The van der Waals surface area contributed by atoms with Gasteiger partial charge in [0.2, 0.25) is 0 Å². The van der Waals surface area contributed by atoms with E-state index in [1.165, 1.54) is 25.7 Å². The second kappa shape index (κ2) is 6.04. The zero-order valence-corrected chi connectivity index (χ0v) is 10.9. The van der Waals surface area contributed by atoms with Crippen LogP contribution < -0.4 is 0 Å². The van der Waals surface area contributed by atoms with E-state index in [4.69, 9.17) is 11.1 Å². The Bertz CT molecular complexity index is 90.4. The number of halogens is 1. The summed E-state index contributed by atoms with van der Waals surface area (Å²) >= 11 is 4.78. The van der Waals surface area contributed by atoms with E-state index in [1.54, 1.807) is 25.7 Å². The molecular weight excluding hydrogens is 184 g/mol. The molecule has 2 heteroatoms. The maximum absolute atomic E-state index is 4.78. The highest BCUT2D eigenvalue weighted by molar-refractivity contribution is 6.80. The molecule has 0 radical (unpaired) electrons. The summed E-state index contributed by atoms with van der Waals surface area (Å²) in [5, 5.41) is 0. The van der Waals surface area contributed by atoms with Gasteiger partial charge in [-0.25, -0.2) is 0 Å². The number of hydrogen-bond donors (Lipinski definition) is 0. The summed E-state index contributed by atoms with van der Waals surface area (Å²) in [6.07, 6.45) is 12.4. The van der Waals surface area contributed by atoms with Crippen molar-refractivity contribution in [2.45, 2.75) is 51.4 Å². The summed E-state index contributed by atoms with van der Waals surface area (Å²) in [6.45, 7) is 0. The van der Waals surface area contributed by atoms with Gasteiger partial charge in [0.25, 0.3) is 0 Å². The minimum atomic E-state index is 0.778. The SMILES string of the molecule is C1CCC(C2CCCC2)C1.[SiH3]Cl. The van der Waals surface area contributed by atoms with E-state index >= 15 is 0 Å². The highest BCUT2D eigenvalue weighted by Crippen LogP contribution is 2.39. The van der Waals surface area contributed by atoms with Gasteiger partial charge in [0.1, 0.15) is 9.55 Å². The molecule has 2 saturated carbocycles. The fourth-order valence-corrected chi connectivity index (χ4v) is 2.86. The molecule has 2 fully saturated rings. The van der Waals surface area contributed by atoms with E-state index in [0.717, 1.165) is 21.4 Å². The first-order chi connectivity index (χ1) is 5.97. The predicted octanol–water partition coefficient (Wildman–Crippen LogP) is 2.87. The van der Waals surface area contributed by atoms with E-state index in [-0.39, 0.29) is 0 Å². The molecule has 0 N–H and O–H groups in total. The highest BCUT2D eigenvalue weighted by Gasteiger charge is 2.26. The Kier molecular flexibility index (Phi) is 5.33. The van der Waals surface area contributed by atoms with Crippen molar-refractivity contribution in [1.82, 2.24) is 0 Å². The topological polar surface area (TPSA) is 0 Å². The molecule has 2 aliphatic carbocycles. The molecule has 0 aromatic carbocycles. The third-order valence-corrected chi connectivity index (χ3v) is 3.47. The van der Waals surface area contributed by atoms with Crippen molar-refractivity contribution in [3.05, 3.63) is 0 Å². The van der Waals surface area contributed by atoms with Crippen LogP contribution in [-0.4, -0.2) is 9.55 Å². The van der Waals surface area contributed by atoms with Gasteiger partial charge in [-0.15, -0.1) is 0 Å². The zero-order chi connectivity index (χ0) is 8.81. The van der Waals surface area contributed by atoms with Crippen LogP contribution >= 0.6 is 11.1 Å². The molecule has 0 nitrogen and oxygen atoms in total. The Hall–Kier alpha value is 0.507. The zero-order valence-electron chi connectivity index (χ0n) is 8.19. The molecule has 0 atom stereocenters. The third kappa shape index (κ3) is 2.77. The van der Waals surface area contributed by atoms with Crippen LogP contribution in [0.3, 0.4) is 0 Å². The van der Waals surface area contributed by atoms with Gasteiger partial charge in [0.15, 0.2) is 0 Å². The lowest BCUT2D eigenvalue weighted by Gasteiger charge is -2.16. The summed E-state index contributed by atoms with van der Waals surface area (Å²) in [4.78, 5) is 0. The minimum Gasteiger partial charge on any atom is -0.181 e. The van der Waals surface area contributed by atoms with Gasteiger partial charge in [-0.3, -0.25) is 0 Å². The monoisotopic (exact) mass is 204 g/mol. The second-order valence-electron chi connectivity index (χ2n) is 4.09. The van der Waals surface area contributed by atoms with Crippen LogP contribution in [0.25, 0.3) is 0 Å². The number of rotatable bonds is 1. The van der Waals surface area contributed by atoms with Crippen molar-refractivity contribution >= 4 is 20.6 Å². The first-order valence-electron chi connectivity index (χ1n) is 5.34. The quantitative estimate of drug-likeness (QED) is 0.455. The van der Waals surface area contributed by atoms with E-state index in [1.807, 2.05) is 0 Å². The van der Waals surface area contributed by atoms with Crippen LogP contribution in [0.2, 0.25) is 0 Å². The lowest BCUT2D eigenvalue weighted by molar-refractivity contribution is 0.347.